The molecule has 164 valence electrons. The van der Waals surface area contributed by atoms with E-state index in [-0.39, 0.29) is 0 Å². The number of rotatable bonds is 0. The fourth-order valence-corrected chi connectivity index (χ4v) is 5.46. The van der Waals surface area contributed by atoms with E-state index in [1.165, 1.54) is 76.1 Å². The van der Waals surface area contributed by atoms with Crippen LogP contribution < -0.4 is 0 Å². The molecule has 0 saturated carbocycles. The molecule has 0 aromatic heterocycles. The molecule has 0 aliphatic heterocycles. The first-order valence-corrected chi connectivity index (χ1v) is 12.0. The normalized spacial score (nSPS) is 11.5. The zero-order valence-electron chi connectivity index (χ0n) is 20.2. The van der Waals surface area contributed by atoms with Crippen LogP contribution in [-0.4, -0.2) is 0 Å². The van der Waals surface area contributed by atoms with E-state index in [0.29, 0.717) is 0 Å². The van der Waals surface area contributed by atoms with E-state index in [1.54, 1.807) is 0 Å². The third-order valence-corrected chi connectivity index (χ3v) is 6.97. The van der Waals surface area contributed by atoms with E-state index >= 15 is 0 Å². The summed E-state index contributed by atoms with van der Waals surface area (Å²) >= 11 is 0. The van der Waals surface area contributed by atoms with Crippen molar-refractivity contribution >= 4 is 53.9 Å². The summed E-state index contributed by atoms with van der Waals surface area (Å²) in [4.78, 5) is 0. The van der Waals surface area contributed by atoms with Crippen LogP contribution in [0.15, 0.2) is 97.1 Å². The molecule has 7 aromatic carbocycles. The summed E-state index contributed by atoms with van der Waals surface area (Å²) in [6, 6.07) is 35.8. The molecule has 0 fully saturated rings. The van der Waals surface area contributed by atoms with Crippen molar-refractivity contribution in [2.24, 2.45) is 0 Å². The van der Waals surface area contributed by atoms with E-state index in [9.17, 15) is 0 Å². The second-order valence-electron chi connectivity index (χ2n) is 9.82. The molecule has 7 rings (SSSR count). The zero-order chi connectivity index (χ0) is 23.4. The summed E-state index contributed by atoms with van der Waals surface area (Å²) in [5.74, 6) is 0. The van der Waals surface area contributed by atoms with Gasteiger partial charge in [-0.2, -0.15) is 0 Å². The molecule has 0 atom stereocenters. The summed E-state index contributed by atoms with van der Waals surface area (Å²) in [5.41, 5.74) is 5.30. The van der Waals surface area contributed by atoms with Gasteiger partial charge in [-0.1, -0.05) is 108 Å². The van der Waals surface area contributed by atoms with E-state index in [4.69, 9.17) is 0 Å². The highest BCUT2D eigenvalue weighted by Gasteiger charge is 2.08. The molecule has 0 heterocycles. The summed E-state index contributed by atoms with van der Waals surface area (Å²) in [5, 5.41) is 13.6. The lowest BCUT2D eigenvalue weighted by molar-refractivity contribution is 1.50. The minimum absolute atomic E-state index is 1.32. The van der Waals surface area contributed by atoms with Crippen molar-refractivity contribution in [1.82, 2.24) is 0 Å². The van der Waals surface area contributed by atoms with Crippen molar-refractivity contribution in [1.29, 1.82) is 0 Å². The highest BCUT2D eigenvalue weighted by Crippen LogP contribution is 2.35. The van der Waals surface area contributed by atoms with Gasteiger partial charge in [-0.15, -0.1) is 0 Å². The summed E-state index contributed by atoms with van der Waals surface area (Å²) in [7, 11) is 0. The van der Waals surface area contributed by atoms with Crippen LogP contribution in [0.5, 0.6) is 0 Å². The standard InChI is InChI=1S/C18H14.C16H14/c1-11-7-13-3-5-15-9-12(2)10-16-6-4-14(8-11)17(13)18(15)16;1-11-3-7-15-13(9-11)5-6-14-10-12(2)4-8-16(14)15/h3-10H,1-2H3;3-10H,1-2H3. The van der Waals surface area contributed by atoms with Crippen LogP contribution in [0.3, 0.4) is 0 Å². The van der Waals surface area contributed by atoms with Gasteiger partial charge in [-0.25, -0.2) is 0 Å². The van der Waals surface area contributed by atoms with E-state index in [1.807, 2.05) is 0 Å². The molecule has 0 aliphatic rings. The van der Waals surface area contributed by atoms with Crippen molar-refractivity contribution in [3.8, 4) is 0 Å². The first-order chi connectivity index (χ1) is 16.5. The van der Waals surface area contributed by atoms with Gasteiger partial charge < -0.3 is 0 Å². The molecule has 0 aliphatic carbocycles. The Morgan fingerprint density at radius 3 is 0.941 bits per heavy atom. The second kappa shape index (κ2) is 7.85. The number of benzene rings is 7. The van der Waals surface area contributed by atoms with Crippen molar-refractivity contribution in [2.75, 3.05) is 0 Å². The van der Waals surface area contributed by atoms with Crippen LogP contribution in [-0.2, 0) is 0 Å². The van der Waals surface area contributed by atoms with Crippen LogP contribution in [0, 0.1) is 27.7 Å². The van der Waals surface area contributed by atoms with E-state index < -0.39 is 0 Å². The molecular formula is C34H28. The lowest BCUT2D eigenvalue weighted by Gasteiger charge is -2.12. The topological polar surface area (TPSA) is 0 Å². The first-order valence-electron chi connectivity index (χ1n) is 12.0. The Kier molecular flexibility index (Phi) is 4.78. The molecule has 0 bridgehead atoms. The molecule has 34 heavy (non-hydrogen) atoms. The first kappa shape index (κ1) is 20.7. The highest BCUT2D eigenvalue weighted by atomic mass is 14.1. The Morgan fingerprint density at radius 1 is 0.294 bits per heavy atom. The van der Waals surface area contributed by atoms with E-state index in [0.717, 1.165) is 0 Å². The van der Waals surface area contributed by atoms with Crippen LogP contribution >= 0.6 is 0 Å². The van der Waals surface area contributed by atoms with Crippen molar-refractivity contribution in [3.63, 3.8) is 0 Å². The quantitative estimate of drug-likeness (QED) is 0.208. The Hall–Kier alpha value is -3.90. The van der Waals surface area contributed by atoms with Gasteiger partial charge in [-0.05, 0) is 92.7 Å². The molecule has 0 spiro atoms. The van der Waals surface area contributed by atoms with Gasteiger partial charge in [0.1, 0.15) is 0 Å². The maximum atomic E-state index is 2.28. The summed E-state index contributed by atoms with van der Waals surface area (Å²) in [6.45, 7) is 8.61. The Bertz CT molecular complexity index is 1630. The van der Waals surface area contributed by atoms with Crippen molar-refractivity contribution in [2.45, 2.75) is 27.7 Å². The second-order valence-corrected chi connectivity index (χ2v) is 9.82. The van der Waals surface area contributed by atoms with Gasteiger partial charge >= 0.3 is 0 Å². The third kappa shape index (κ3) is 3.47. The maximum absolute atomic E-state index is 2.28. The number of fused-ring (bicyclic) bond motifs is 3. The molecule has 0 radical (unpaired) electrons. The molecule has 0 unspecified atom stereocenters. The van der Waals surface area contributed by atoms with Crippen LogP contribution in [0.4, 0.5) is 0 Å². The smallest absolute Gasteiger partial charge is 0.00266 e. The molecule has 0 nitrogen and oxygen atoms in total. The molecule has 0 heteroatoms. The van der Waals surface area contributed by atoms with Gasteiger partial charge in [0, 0.05) is 0 Å². The van der Waals surface area contributed by atoms with Crippen molar-refractivity contribution in [3.05, 3.63) is 119 Å². The fourth-order valence-electron chi connectivity index (χ4n) is 5.46. The van der Waals surface area contributed by atoms with Gasteiger partial charge in [0.05, 0.1) is 0 Å². The summed E-state index contributed by atoms with van der Waals surface area (Å²) in [6.07, 6.45) is 0. The Morgan fingerprint density at radius 2 is 0.588 bits per heavy atom. The molecule has 0 N–H and O–H groups in total. The monoisotopic (exact) mass is 436 g/mol. The molecular weight excluding hydrogens is 408 g/mol. The third-order valence-electron chi connectivity index (χ3n) is 6.97. The van der Waals surface area contributed by atoms with Gasteiger partial charge in [0.2, 0.25) is 0 Å². The minimum Gasteiger partial charge on any atom is -0.0587 e. The predicted octanol–water partition coefficient (Wildman–Crippen LogP) is 9.81. The largest absolute Gasteiger partial charge is 0.0587 e. The SMILES string of the molecule is Cc1cc2ccc3cc(C)cc4ccc(c1)c2c34.Cc1ccc2c(ccc3cc(C)ccc32)c1. The average molecular weight is 437 g/mol. The van der Waals surface area contributed by atoms with Crippen LogP contribution in [0.25, 0.3) is 53.9 Å². The zero-order valence-corrected chi connectivity index (χ0v) is 20.2. The van der Waals surface area contributed by atoms with Gasteiger partial charge in [-0.3, -0.25) is 0 Å². The number of hydrogen-bond acceptors (Lipinski definition) is 0. The average Bonchev–Trinajstić information content (AvgIpc) is 2.82. The lowest BCUT2D eigenvalue weighted by Crippen LogP contribution is -1.86. The molecule has 0 saturated heterocycles. The molecule has 7 aromatic rings. The summed E-state index contributed by atoms with van der Waals surface area (Å²) < 4.78 is 0. The van der Waals surface area contributed by atoms with Crippen LogP contribution in [0.1, 0.15) is 22.3 Å². The Labute approximate surface area is 200 Å². The van der Waals surface area contributed by atoms with Crippen molar-refractivity contribution < 1.29 is 0 Å². The predicted molar refractivity (Wildman–Crippen MR) is 151 cm³/mol. The lowest BCUT2D eigenvalue weighted by atomic mass is 9.92. The van der Waals surface area contributed by atoms with Gasteiger partial charge in [0.15, 0.2) is 0 Å². The fraction of sp³-hybridized carbons (Fsp3) is 0.118. The van der Waals surface area contributed by atoms with E-state index in [2.05, 4.69) is 125 Å². The molecule has 0 amide bonds. The number of hydrogen-bond donors (Lipinski definition) is 0. The highest BCUT2D eigenvalue weighted by molar-refractivity contribution is 6.23. The van der Waals surface area contributed by atoms with Crippen LogP contribution in [0.2, 0.25) is 0 Å². The maximum Gasteiger partial charge on any atom is -0.00266 e. The minimum atomic E-state index is 1.32. The number of aryl methyl sites for hydroxylation is 4. The van der Waals surface area contributed by atoms with Gasteiger partial charge in [0.25, 0.3) is 0 Å². The Balaban J connectivity index is 0.000000129.